The molecule has 0 atom stereocenters. The highest BCUT2D eigenvalue weighted by atomic mass is 35.5. The van der Waals surface area contributed by atoms with Crippen LogP contribution in [0.2, 0.25) is 5.02 Å². The Morgan fingerprint density at radius 2 is 1.62 bits per heavy atom. The van der Waals surface area contributed by atoms with Gasteiger partial charge in [-0.1, -0.05) is 41.9 Å². The minimum absolute atomic E-state index is 0.0739. The molecular formula is C23H23ClN2O5S. The van der Waals surface area contributed by atoms with Gasteiger partial charge in [-0.3, -0.25) is 9.10 Å². The van der Waals surface area contributed by atoms with Crippen molar-refractivity contribution in [2.45, 2.75) is 4.90 Å². The van der Waals surface area contributed by atoms with E-state index in [2.05, 4.69) is 5.32 Å². The van der Waals surface area contributed by atoms with Gasteiger partial charge >= 0.3 is 0 Å². The number of carbonyl (C=O) groups is 1. The van der Waals surface area contributed by atoms with Gasteiger partial charge in [-0.05, 0) is 48.5 Å². The minimum Gasteiger partial charge on any atom is -0.495 e. The third-order valence-electron chi connectivity index (χ3n) is 4.48. The van der Waals surface area contributed by atoms with E-state index < -0.39 is 22.5 Å². The lowest BCUT2D eigenvalue weighted by Crippen LogP contribution is -2.42. The Kier molecular flexibility index (Phi) is 7.97. The zero-order valence-corrected chi connectivity index (χ0v) is 19.0. The highest BCUT2D eigenvalue weighted by Gasteiger charge is 2.29. The zero-order chi connectivity index (χ0) is 23.0. The first kappa shape index (κ1) is 23.4. The molecule has 0 spiro atoms. The molecule has 0 heterocycles. The van der Waals surface area contributed by atoms with Crippen LogP contribution in [0.25, 0.3) is 0 Å². The molecule has 0 unspecified atom stereocenters. The standard InChI is InChI=1S/C23H23ClN2O5S/c1-30-22-10-6-5-9-21(22)26(32(28,29)20-7-3-2-4-8-20)17-23(27)25-15-16-31-19-13-11-18(24)12-14-19/h2-14H,15-17H2,1H3,(H,25,27). The van der Waals surface area contributed by atoms with Crippen molar-refractivity contribution in [3.63, 3.8) is 0 Å². The molecule has 0 aliphatic carbocycles. The van der Waals surface area contributed by atoms with Crippen LogP contribution in [0.1, 0.15) is 0 Å². The SMILES string of the molecule is COc1ccccc1N(CC(=O)NCCOc1ccc(Cl)cc1)S(=O)(=O)c1ccccc1. The van der Waals surface area contributed by atoms with Crippen LogP contribution >= 0.6 is 11.6 Å². The molecule has 1 amide bonds. The summed E-state index contributed by atoms with van der Waals surface area (Å²) in [5.41, 5.74) is 0.270. The zero-order valence-electron chi connectivity index (χ0n) is 17.4. The molecule has 0 aliphatic heterocycles. The first-order chi connectivity index (χ1) is 15.4. The summed E-state index contributed by atoms with van der Waals surface area (Å²) in [7, 11) is -2.57. The van der Waals surface area contributed by atoms with E-state index >= 15 is 0 Å². The topological polar surface area (TPSA) is 84.9 Å². The van der Waals surface area contributed by atoms with E-state index in [4.69, 9.17) is 21.1 Å². The molecule has 168 valence electrons. The summed E-state index contributed by atoms with van der Waals surface area (Å²) in [6, 6.07) is 21.4. The Balaban J connectivity index is 1.72. The van der Waals surface area contributed by atoms with Gasteiger partial charge in [0.2, 0.25) is 5.91 Å². The number of methoxy groups -OCH3 is 1. The summed E-state index contributed by atoms with van der Waals surface area (Å²) >= 11 is 5.84. The van der Waals surface area contributed by atoms with Crippen LogP contribution in [0, 0.1) is 0 Å². The summed E-state index contributed by atoms with van der Waals surface area (Å²) in [5.74, 6) is 0.479. The number of halogens is 1. The number of sulfonamides is 1. The van der Waals surface area contributed by atoms with E-state index in [0.717, 1.165) is 4.31 Å². The molecule has 0 saturated heterocycles. The first-order valence-electron chi connectivity index (χ1n) is 9.77. The van der Waals surface area contributed by atoms with Crippen molar-refractivity contribution in [2.75, 3.05) is 31.1 Å². The molecule has 3 aromatic carbocycles. The lowest BCUT2D eigenvalue weighted by Gasteiger charge is -2.25. The van der Waals surface area contributed by atoms with E-state index in [0.29, 0.717) is 16.5 Å². The van der Waals surface area contributed by atoms with Crippen molar-refractivity contribution in [3.05, 3.63) is 83.9 Å². The highest BCUT2D eigenvalue weighted by Crippen LogP contribution is 2.32. The summed E-state index contributed by atoms with van der Waals surface area (Å²) in [4.78, 5) is 12.7. The number of carbonyl (C=O) groups excluding carboxylic acids is 1. The normalized spacial score (nSPS) is 10.9. The number of nitrogens with zero attached hydrogens (tertiary/aromatic N) is 1. The van der Waals surface area contributed by atoms with Gasteiger partial charge in [0.15, 0.2) is 0 Å². The fourth-order valence-electron chi connectivity index (χ4n) is 2.93. The molecule has 32 heavy (non-hydrogen) atoms. The van der Waals surface area contributed by atoms with Crippen molar-refractivity contribution in [2.24, 2.45) is 0 Å². The van der Waals surface area contributed by atoms with Gasteiger partial charge in [-0.2, -0.15) is 0 Å². The Bertz CT molecular complexity index is 1140. The van der Waals surface area contributed by atoms with Gasteiger partial charge in [-0.25, -0.2) is 8.42 Å². The van der Waals surface area contributed by atoms with Gasteiger partial charge in [0.25, 0.3) is 10.0 Å². The predicted molar refractivity (Wildman–Crippen MR) is 124 cm³/mol. The number of para-hydroxylation sites is 2. The summed E-state index contributed by atoms with van der Waals surface area (Å²) < 4.78 is 38.6. The lowest BCUT2D eigenvalue weighted by atomic mass is 10.3. The van der Waals surface area contributed by atoms with Crippen molar-refractivity contribution in [1.29, 1.82) is 0 Å². The van der Waals surface area contributed by atoms with Crippen molar-refractivity contribution < 1.29 is 22.7 Å². The lowest BCUT2D eigenvalue weighted by molar-refractivity contribution is -0.119. The van der Waals surface area contributed by atoms with Crippen LogP contribution in [-0.2, 0) is 14.8 Å². The van der Waals surface area contributed by atoms with Crippen LogP contribution in [0.3, 0.4) is 0 Å². The number of hydrogen-bond acceptors (Lipinski definition) is 5. The van der Waals surface area contributed by atoms with E-state index in [-0.39, 0.29) is 23.7 Å². The summed E-state index contributed by atoms with van der Waals surface area (Å²) in [6.07, 6.45) is 0. The number of benzene rings is 3. The summed E-state index contributed by atoms with van der Waals surface area (Å²) in [6.45, 7) is -0.00137. The van der Waals surface area contributed by atoms with E-state index in [1.165, 1.54) is 19.2 Å². The molecule has 3 rings (SSSR count). The Hall–Kier alpha value is -3.23. The Labute approximate surface area is 192 Å². The van der Waals surface area contributed by atoms with Crippen molar-refractivity contribution in [1.82, 2.24) is 5.32 Å². The van der Waals surface area contributed by atoms with Crippen LogP contribution in [0.15, 0.2) is 83.8 Å². The third-order valence-corrected chi connectivity index (χ3v) is 6.50. The van der Waals surface area contributed by atoms with Crippen molar-refractivity contribution >= 4 is 33.2 Å². The third kappa shape index (κ3) is 5.93. The molecule has 7 nitrogen and oxygen atoms in total. The quantitative estimate of drug-likeness (QED) is 0.452. The van der Waals surface area contributed by atoms with E-state index in [9.17, 15) is 13.2 Å². The maximum Gasteiger partial charge on any atom is 0.264 e. The molecule has 0 saturated carbocycles. The minimum atomic E-state index is -4.01. The van der Waals surface area contributed by atoms with Crippen LogP contribution in [0.4, 0.5) is 5.69 Å². The monoisotopic (exact) mass is 474 g/mol. The molecule has 0 aliphatic rings. The van der Waals surface area contributed by atoms with E-state index in [1.54, 1.807) is 66.7 Å². The van der Waals surface area contributed by atoms with Crippen LogP contribution < -0.4 is 19.1 Å². The Morgan fingerprint density at radius 1 is 0.969 bits per heavy atom. The number of amides is 1. The van der Waals surface area contributed by atoms with Gasteiger partial charge in [0, 0.05) is 5.02 Å². The first-order valence-corrected chi connectivity index (χ1v) is 11.6. The molecular weight excluding hydrogens is 452 g/mol. The second-order valence-electron chi connectivity index (χ2n) is 6.65. The molecule has 0 bridgehead atoms. The molecule has 9 heteroatoms. The van der Waals surface area contributed by atoms with Gasteiger partial charge in [0.05, 0.1) is 24.2 Å². The average Bonchev–Trinajstić information content (AvgIpc) is 2.82. The number of rotatable bonds is 10. The van der Waals surface area contributed by atoms with Crippen LogP contribution in [-0.4, -0.2) is 41.1 Å². The number of hydrogen-bond donors (Lipinski definition) is 1. The number of anilines is 1. The van der Waals surface area contributed by atoms with Gasteiger partial charge in [0.1, 0.15) is 24.7 Å². The maximum absolute atomic E-state index is 13.3. The number of ether oxygens (including phenoxy) is 2. The summed E-state index contributed by atoms with van der Waals surface area (Å²) in [5, 5.41) is 3.29. The smallest absolute Gasteiger partial charge is 0.264 e. The Morgan fingerprint density at radius 3 is 2.31 bits per heavy atom. The second kappa shape index (κ2) is 10.9. The predicted octanol–water partition coefficient (Wildman–Crippen LogP) is 3.74. The highest BCUT2D eigenvalue weighted by molar-refractivity contribution is 7.92. The average molecular weight is 475 g/mol. The largest absolute Gasteiger partial charge is 0.495 e. The van der Waals surface area contributed by atoms with E-state index in [1.807, 2.05) is 0 Å². The molecule has 0 fully saturated rings. The van der Waals surface area contributed by atoms with Crippen LogP contribution in [0.5, 0.6) is 11.5 Å². The maximum atomic E-state index is 13.3. The molecule has 3 aromatic rings. The molecule has 0 radical (unpaired) electrons. The molecule has 1 N–H and O–H groups in total. The fourth-order valence-corrected chi connectivity index (χ4v) is 4.51. The van der Waals surface area contributed by atoms with Gasteiger partial charge < -0.3 is 14.8 Å². The second-order valence-corrected chi connectivity index (χ2v) is 8.95. The molecule has 0 aromatic heterocycles. The van der Waals surface area contributed by atoms with Crippen molar-refractivity contribution in [3.8, 4) is 11.5 Å². The van der Waals surface area contributed by atoms with Gasteiger partial charge in [-0.15, -0.1) is 0 Å². The fraction of sp³-hybridized carbons (Fsp3) is 0.174. The number of nitrogens with one attached hydrogen (secondary N) is 1.